The number of aromatic nitrogens is 9. The summed E-state index contributed by atoms with van der Waals surface area (Å²) >= 11 is 24.4. The van der Waals surface area contributed by atoms with Crippen molar-refractivity contribution in [1.29, 1.82) is 0 Å². The molecule has 133 heavy (non-hydrogen) atoms. The molecule has 720 valence electrons. The third-order valence-electron chi connectivity index (χ3n) is 18.4. The van der Waals surface area contributed by atoms with Crippen LogP contribution in [-0.2, 0) is 95.1 Å². The molecule has 0 radical (unpaired) electrons. The predicted octanol–water partition coefficient (Wildman–Crippen LogP) is 24.8. The molecule has 4 heterocycles. The maximum absolute atomic E-state index is 13.9. The first-order valence-corrected chi connectivity index (χ1v) is 56.6. The van der Waals surface area contributed by atoms with E-state index in [9.17, 15) is 71.5 Å². The van der Waals surface area contributed by atoms with E-state index >= 15 is 0 Å². The number of alkyl halides is 10. The van der Waals surface area contributed by atoms with E-state index in [0.717, 1.165) is 171 Å². The molecule has 4 aromatic heterocycles. The van der Waals surface area contributed by atoms with Crippen molar-refractivity contribution in [2.24, 2.45) is 7.05 Å². The minimum absolute atomic E-state index is 0.00919. The van der Waals surface area contributed by atoms with E-state index in [4.69, 9.17) is 48.9 Å². The molecule has 26 nitrogen and oxygen atoms in total. The molecule has 12 aromatic rings. The zero-order valence-electron chi connectivity index (χ0n) is 69.8. The van der Waals surface area contributed by atoms with Gasteiger partial charge >= 0.3 is 66.3 Å². The van der Waals surface area contributed by atoms with Crippen LogP contribution in [0.15, 0.2) is 223 Å². The van der Waals surface area contributed by atoms with Crippen LogP contribution in [-0.4, -0.2) is 129 Å². The lowest BCUT2D eigenvalue weighted by Gasteiger charge is -2.19. The van der Waals surface area contributed by atoms with Crippen LogP contribution < -0.4 is 5.32 Å². The molecule has 13 N–H and O–H groups in total. The fourth-order valence-electron chi connectivity index (χ4n) is 11.7. The zero-order chi connectivity index (χ0) is 98.5. The third-order valence-corrected chi connectivity index (χ3v) is 32.8. The molecule has 0 atom stereocenters. The number of imidazole rings is 2. The van der Waals surface area contributed by atoms with E-state index < -0.39 is 94.1 Å². The monoisotopic (exact) mass is 2380 g/mol. The van der Waals surface area contributed by atoms with Gasteiger partial charge in [-0.25, -0.2) is 15.0 Å². The van der Waals surface area contributed by atoms with E-state index in [1.54, 1.807) is 53.2 Å². The van der Waals surface area contributed by atoms with Crippen molar-refractivity contribution in [3.63, 3.8) is 0 Å². The minimum atomic E-state index is -5.60. The number of aromatic amines is 2. The minimum Gasteiger partial charge on any atom is -0.333 e. The molecule has 52 heteroatoms. The molecule has 0 spiro atoms. The second-order valence-corrected chi connectivity index (χ2v) is 48.2. The molecule has 0 fully saturated rings. The summed E-state index contributed by atoms with van der Waals surface area (Å²) in [6.45, 7) is 5.35. The Hall–Kier alpha value is -5.19. The normalized spacial score (nSPS) is 12.4. The molecule has 0 aliphatic carbocycles. The number of amides is 1. The van der Waals surface area contributed by atoms with Gasteiger partial charge in [0, 0.05) is 116 Å². The number of rotatable bonds is 37. The van der Waals surface area contributed by atoms with Gasteiger partial charge in [0.05, 0.1) is 11.0 Å². The van der Waals surface area contributed by atoms with Crippen LogP contribution in [0.2, 0.25) is 0 Å². The van der Waals surface area contributed by atoms with Crippen LogP contribution in [0.25, 0.3) is 22.4 Å². The first kappa shape index (κ1) is 113. The Morgan fingerprint density at radius 1 is 0.459 bits per heavy atom. The Labute approximate surface area is 823 Å². The lowest BCUT2D eigenvalue weighted by Crippen LogP contribution is -2.14. The number of hydrogen-bond acceptors (Lipinski definition) is 18. The second kappa shape index (κ2) is 49.8. The number of aryl methyl sites for hydroxylation is 8. The van der Waals surface area contributed by atoms with Crippen molar-refractivity contribution in [2.45, 2.75) is 138 Å². The van der Waals surface area contributed by atoms with Gasteiger partial charge in [-0.05, 0) is 184 Å². The number of carbonyl (C=O) groups excluding carboxylic acids is 1. The van der Waals surface area contributed by atoms with Crippen molar-refractivity contribution >= 4 is 210 Å². The van der Waals surface area contributed by atoms with E-state index in [-0.39, 0.29) is 28.3 Å². The molecule has 8 aromatic carbocycles. The molecule has 12 rings (SSSR count). The summed E-state index contributed by atoms with van der Waals surface area (Å²) < 4.78 is 196. The number of H-pyrrole nitrogens is 2. The van der Waals surface area contributed by atoms with Crippen LogP contribution >= 0.6 is 188 Å². The second-order valence-electron chi connectivity index (χ2n) is 28.8. The third kappa shape index (κ3) is 33.0. The number of hydrogen-bond donors (Lipinski definition) is 13. The topological polar surface area (TPSA) is 431 Å². The number of nitrogens with one attached hydrogen (secondary N) is 3. The van der Waals surface area contributed by atoms with Crippen LogP contribution in [0.1, 0.15) is 105 Å². The number of thioether (sulfide) groups is 5. The van der Waals surface area contributed by atoms with Crippen molar-refractivity contribution < 1.29 is 120 Å². The Balaban J connectivity index is 0.000000205. The summed E-state index contributed by atoms with van der Waals surface area (Å²) in [6, 6.07) is 43.1. The Bertz CT molecular complexity index is 6210. The molecule has 0 bridgehead atoms. The highest BCUT2D eigenvalue weighted by Gasteiger charge is 2.55. The average Bonchev–Trinajstić information content (AvgIpc) is 1.61. The maximum atomic E-state index is 13.9. The number of halogens is 15. The standard InChI is InChI=1S/C18H17BrF2N3O3PS.C18H18BrF2N2O3PS.C18H19BrF2NO4PS.C14H16BrF2N2O3PS.C13H14BrF2N2O3PS2/c19-15-11-12(8-9-14(15)18(20,21)28(25,26)27)5-4-10-29-17-22-16(23-24-17)13-6-2-1-3-7-13;1-11-4-7-15-16(9-11)23-17(22-15)28-8-2-3-12-5-6-13(14(19)10-12)18(20,21)27(24,25)26;1-12(23)22-14-5-7-15(8-6-14)28-10-2-3-13-4-9-16(17(19)11-13)18(20,21)27(24,25)26;1-19-7-6-18-13(19)24-8-2-3-10-4-5-11(12(15)9-10)14(16,17)23(20,21)22;1-8-17-18-12(24-8)23-6-2-3-9-4-5-10(11(14)7-9)13(15,16)22(19,20)21/h1-3,6-9,11H,4-5,10H2,(H,22,23,24)(H2,25,26,27);4-7,9-10H,2-3,8H2,1H3,(H,22,23)(H2,24,25,26);4-9,11H,2-3,10H2,1H3,(H,22,23)(H2,24,25,26);4-7,9H,2-3,8H2,1H3,(H2,20,21,22);4-5,7H,2-3,6H2,1H3,(H2,19,20,21). The van der Waals surface area contributed by atoms with Gasteiger partial charge in [-0.3, -0.25) is 32.7 Å². The summed E-state index contributed by atoms with van der Waals surface area (Å²) in [7, 11) is -26.0. The first-order chi connectivity index (χ1) is 62.0. The molecule has 0 aliphatic heterocycles. The molecule has 0 saturated heterocycles. The molecular weight excluding hydrogens is 2310 g/mol. The highest BCUT2D eigenvalue weighted by Crippen LogP contribution is 2.65. The van der Waals surface area contributed by atoms with Gasteiger partial charge in [0.15, 0.2) is 20.5 Å². The SMILES string of the molecule is CC(=O)Nc1ccc(SCCCc2ccc(C(F)(F)P(=O)(O)O)c(Br)c2)cc1.Cc1ccc2nc(SCCCc3ccc(C(F)(F)P(=O)(O)O)c(Br)c3)[nH]c2c1.Cc1nnc(SCCCc2ccc(C(F)(F)P(=O)(O)O)c(Br)c2)s1.Cn1ccnc1SCCCc1ccc(C(F)(F)P(=O)(O)O)c(Br)c1.O=P(O)(O)C(F)(F)c1ccc(CCCSc2n[nH]c(-c3ccccc3)n2)cc1Br. The van der Waals surface area contributed by atoms with E-state index in [1.807, 2.05) is 104 Å². The van der Waals surface area contributed by atoms with Crippen LogP contribution in [0.3, 0.4) is 0 Å². The number of nitrogens with zero attached hydrogens (tertiary/aromatic N) is 7. The molecule has 0 aliphatic rings. The highest BCUT2D eigenvalue weighted by atomic mass is 79.9. The van der Waals surface area contributed by atoms with Crippen molar-refractivity contribution in [1.82, 2.24) is 44.9 Å². The Kier molecular flexibility index (Phi) is 42.3. The van der Waals surface area contributed by atoms with Crippen molar-refractivity contribution in [3.05, 3.63) is 265 Å². The van der Waals surface area contributed by atoms with Crippen molar-refractivity contribution in [2.75, 3.05) is 34.1 Å². The molecule has 0 unspecified atom stereocenters. The number of carbonyl (C=O) groups is 1. The zero-order valence-corrected chi connectivity index (χ0v) is 87.1. The summed E-state index contributed by atoms with van der Waals surface area (Å²) in [5, 5.41) is 21.0. The lowest BCUT2D eigenvalue weighted by molar-refractivity contribution is -0.114. The van der Waals surface area contributed by atoms with Crippen LogP contribution in [0.4, 0.5) is 49.6 Å². The highest BCUT2D eigenvalue weighted by molar-refractivity contribution is 9.11. The molecule has 1 amide bonds. The number of fused-ring (bicyclic) bond motifs is 1. The Morgan fingerprint density at radius 2 is 0.835 bits per heavy atom. The van der Waals surface area contributed by atoms with Gasteiger partial charge in [-0.2, -0.15) is 43.9 Å². The van der Waals surface area contributed by atoms with Gasteiger partial charge in [0.2, 0.25) is 11.1 Å². The maximum Gasteiger partial charge on any atom is 0.399 e. The first-order valence-electron chi connectivity index (χ1n) is 38.9. The average molecular weight is 2390 g/mol. The summed E-state index contributed by atoms with van der Waals surface area (Å²) in [6.07, 6.45) is 10.8. The smallest absolute Gasteiger partial charge is 0.333 e. The number of anilines is 1. The fraction of sp³-hybridized carbons (Fsp3) is 0.296. The van der Waals surface area contributed by atoms with Gasteiger partial charge in [-0.15, -0.1) is 27.1 Å². The number of benzene rings is 8. The Morgan fingerprint density at radius 3 is 1.19 bits per heavy atom. The van der Waals surface area contributed by atoms with E-state index in [0.29, 0.717) is 43.1 Å². The van der Waals surface area contributed by atoms with Crippen LogP contribution in [0.5, 0.6) is 0 Å². The fourth-order valence-corrected chi connectivity index (χ4v) is 23.5. The van der Waals surface area contributed by atoms with Gasteiger partial charge in [0.25, 0.3) is 0 Å². The van der Waals surface area contributed by atoms with Crippen molar-refractivity contribution in [3.8, 4) is 11.4 Å². The quantitative estimate of drug-likeness (QED) is 0.00744. The van der Waals surface area contributed by atoms with E-state index in [1.165, 1.54) is 90.7 Å². The summed E-state index contributed by atoms with van der Waals surface area (Å²) in [4.78, 5) is 117. The van der Waals surface area contributed by atoms with Gasteiger partial charge in [0.1, 0.15) is 5.01 Å². The van der Waals surface area contributed by atoms with Crippen LogP contribution in [0, 0.1) is 13.8 Å². The molecular formula is C81H84Br5F10N10O16P5S6. The van der Waals surface area contributed by atoms with E-state index in [2.05, 4.69) is 125 Å². The summed E-state index contributed by atoms with van der Waals surface area (Å²) in [5.74, 6) is 4.52. The van der Waals surface area contributed by atoms with Gasteiger partial charge in [-0.1, -0.05) is 235 Å². The predicted molar refractivity (Wildman–Crippen MR) is 517 cm³/mol. The summed E-state index contributed by atoms with van der Waals surface area (Å²) in [5.41, 5.74) is -15.9. The largest absolute Gasteiger partial charge is 0.399 e. The van der Waals surface area contributed by atoms with Gasteiger partial charge < -0.3 is 63.8 Å². The molecule has 0 saturated carbocycles. The lowest BCUT2D eigenvalue weighted by atomic mass is 10.1.